The zero-order chi connectivity index (χ0) is 30.5. The summed E-state index contributed by atoms with van der Waals surface area (Å²) in [4.78, 5) is 45.3. The average molecular weight is 594 g/mol. The van der Waals surface area contributed by atoms with Gasteiger partial charge in [0.1, 0.15) is 6.54 Å². The second kappa shape index (κ2) is 11.2. The third kappa shape index (κ3) is 5.77. The van der Waals surface area contributed by atoms with E-state index in [1.54, 1.807) is 11.1 Å². The van der Waals surface area contributed by atoms with Gasteiger partial charge in [-0.3, -0.25) is 19.5 Å². The van der Waals surface area contributed by atoms with Gasteiger partial charge in [-0.15, -0.1) is 0 Å². The lowest BCUT2D eigenvalue weighted by molar-refractivity contribution is -0.165. The number of carbonyl (C=O) groups excluding carboxylic acids is 2. The number of halogens is 3. The molecule has 2 amide bonds. The van der Waals surface area contributed by atoms with Crippen LogP contribution in [0, 0.1) is 5.92 Å². The van der Waals surface area contributed by atoms with Gasteiger partial charge in [0.15, 0.2) is 0 Å². The Kier molecular flexibility index (Phi) is 7.52. The molecule has 1 unspecified atom stereocenters. The van der Waals surface area contributed by atoms with Crippen LogP contribution in [0.3, 0.4) is 0 Å². The second-order valence-electron chi connectivity index (χ2n) is 12.1. The number of aromatic nitrogens is 3. The quantitative estimate of drug-likeness (QED) is 0.324. The number of para-hydroxylation sites is 1. The number of pyridine rings is 1. The van der Waals surface area contributed by atoms with Crippen molar-refractivity contribution in [3.63, 3.8) is 0 Å². The predicted octanol–water partition coefficient (Wildman–Crippen LogP) is 5.39. The van der Waals surface area contributed by atoms with Crippen LogP contribution in [0.15, 0.2) is 47.4 Å². The molecule has 2 aliphatic rings. The van der Waals surface area contributed by atoms with E-state index in [1.807, 2.05) is 50.2 Å². The summed E-state index contributed by atoms with van der Waals surface area (Å²) in [7, 11) is 0. The zero-order valence-corrected chi connectivity index (χ0v) is 24.1. The van der Waals surface area contributed by atoms with Gasteiger partial charge in [0.05, 0.1) is 17.6 Å². The number of carbonyl (C=O) groups is 2. The van der Waals surface area contributed by atoms with Crippen LogP contribution in [0.25, 0.3) is 21.8 Å². The molecule has 4 heterocycles. The molecule has 0 spiro atoms. The molecule has 2 N–H and O–H groups in total. The van der Waals surface area contributed by atoms with Crippen molar-refractivity contribution in [2.75, 3.05) is 19.6 Å². The minimum absolute atomic E-state index is 0.0158. The van der Waals surface area contributed by atoms with Crippen LogP contribution in [0.4, 0.5) is 13.2 Å². The van der Waals surface area contributed by atoms with Crippen LogP contribution >= 0.6 is 0 Å². The predicted molar refractivity (Wildman–Crippen MR) is 157 cm³/mol. The van der Waals surface area contributed by atoms with Gasteiger partial charge in [0.2, 0.25) is 11.8 Å². The number of hydrogen-bond donors (Lipinski definition) is 2. The Morgan fingerprint density at radius 2 is 1.86 bits per heavy atom. The van der Waals surface area contributed by atoms with E-state index in [4.69, 9.17) is 0 Å². The Balaban J connectivity index is 1.22. The van der Waals surface area contributed by atoms with Gasteiger partial charge in [-0.25, -0.2) is 0 Å². The zero-order valence-electron chi connectivity index (χ0n) is 24.1. The maximum Gasteiger partial charge on any atom is 0.406 e. The fraction of sp³-hybridized carbons (Fsp3) is 0.438. The third-order valence-corrected chi connectivity index (χ3v) is 8.93. The summed E-state index contributed by atoms with van der Waals surface area (Å²) in [5.74, 6) is -1.73. The Morgan fingerprint density at radius 1 is 1.12 bits per heavy atom. The number of H-pyrrole nitrogens is 2. The number of fused-ring (bicyclic) bond motifs is 4. The van der Waals surface area contributed by atoms with Crippen molar-refractivity contribution in [2.24, 2.45) is 5.92 Å². The summed E-state index contributed by atoms with van der Waals surface area (Å²) in [6.07, 6.45) is -1.79. The lowest BCUT2D eigenvalue weighted by Crippen LogP contribution is -2.44. The van der Waals surface area contributed by atoms with Gasteiger partial charge < -0.3 is 14.8 Å². The molecule has 8 nitrogen and oxygen atoms in total. The summed E-state index contributed by atoms with van der Waals surface area (Å²) < 4.78 is 40.8. The Bertz CT molecular complexity index is 1750. The van der Waals surface area contributed by atoms with E-state index in [0.717, 1.165) is 32.4 Å². The highest BCUT2D eigenvalue weighted by Crippen LogP contribution is 2.36. The van der Waals surface area contributed by atoms with Crippen molar-refractivity contribution in [3.05, 3.63) is 75.2 Å². The normalized spacial score (nSPS) is 18.5. The molecule has 1 fully saturated rings. The van der Waals surface area contributed by atoms with Crippen LogP contribution in [0.2, 0.25) is 0 Å². The highest BCUT2D eigenvalue weighted by Gasteiger charge is 2.40. The molecular formula is C32H34F3N5O3. The van der Waals surface area contributed by atoms with E-state index < -0.39 is 24.5 Å². The number of benzene rings is 2. The molecule has 0 bridgehead atoms. The molecule has 4 aromatic rings. The van der Waals surface area contributed by atoms with Crippen molar-refractivity contribution in [3.8, 4) is 0 Å². The number of alkyl halides is 3. The van der Waals surface area contributed by atoms with Crippen LogP contribution in [-0.4, -0.2) is 62.6 Å². The molecule has 6 rings (SSSR count). The third-order valence-electron chi connectivity index (χ3n) is 8.93. The first-order valence-corrected chi connectivity index (χ1v) is 14.7. The number of nitrogens with zero attached hydrogens (tertiary/aromatic N) is 3. The number of amides is 2. The fourth-order valence-electron chi connectivity index (χ4n) is 6.72. The van der Waals surface area contributed by atoms with E-state index in [-0.39, 0.29) is 42.7 Å². The van der Waals surface area contributed by atoms with Crippen LogP contribution in [-0.2, 0) is 22.6 Å². The number of likely N-dealkylation sites (tertiary alicyclic amines) is 1. The summed E-state index contributed by atoms with van der Waals surface area (Å²) >= 11 is 0. The molecule has 2 aromatic carbocycles. The van der Waals surface area contributed by atoms with E-state index in [0.29, 0.717) is 42.4 Å². The molecule has 11 heteroatoms. The maximum absolute atomic E-state index is 13.6. The van der Waals surface area contributed by atoms with Crippen molar-refractivity contribution in [1.82, 2.24) is 25.0 Å². The standard InChI is InChI=1S/C32H34F3N5O3/c1-18(2)23-13-21-11-22(31(43)40(17-32(33,34)35)16-26(21)25-15-36-38-29(23)25)14-28(41)39-9-7-19(8-10-39)24-12-20-5-3-4-6-27(20)37-30(24)42/h3-6,12-13,15,18-19,22H,7-11,14,16-17H2,1-2H3,(H,36,38)(H,37,42). The van der Waals surface area contributed by atoms with Crippen LogP contribution in [0.1, 0.15) is 67.2 Å². The SMILES string of the molecule is CC(C)c1cc2c(c3cn[nH]c13)CN(CC(F)(F)F)C(=O)C(CC(=O)N1CCC(c3cc4ccccc4[nH]c3=O)CC1)C2. The van der Waals surface area contributed by atoms with E-state index in [1.165, 1.54) is 0 Å². The lowest BCUT2D eigenvalue weighted by Gasteiger charge is -2.33. The van der Waals surface area contributed by atoms with Gasteiger partial charge in [-0.1, -0.05) is 38.1 Å². The van der Waals surface area contributed by atoms with Crippen molar-refractivity contribution in [2.45, 2.75) is 64.1 Å². The molecule has 0 saturated carbocycles. The average Bonchev–Trinajstić information content (AvgIpc) is 3.41. The summed E-state index contributed by atoms with van der Waals surface area (Å²) in [5, 5.41) is 8.77. The van der Waals surface area contributed by atoms with Gasteiger partial charge >= 0.3 is 6.18 Å². The number of piperidine rings is 1. The lowest BCUT2D eigenvalue weighted by atomic mass is 9.87. The fourth-order valence-corrected chi connectivity index (χ4v) is 6.72. The number of aromatic amines is 2. The van der Waals surface area contributed by atoms with Crippen LogP contribution < -0.4 is 5.56 Å². The molecule has 1 saturated heterocycles. The maximum atomic E-state index is 13.6. The van der Waals surface area contributed by atoms with Gasteiger partial charge in [-0.2, -0.15) is 18.3 Å². The number of rotatable bonds is 5. The molecular weight excluding hydrogens is 559 g/mol. The Hall–Kier alpha value is -4.15. The molecule has 1 atom stereocenters. The summed E-state index contributed by atoms with van der Waals surface area (Å²) in [6, 6.07) is 11.4. The molecule has 43 heavy (non-hydrogen) atoms. The smallest absolute Gasteiger partial charge is 0.343 e. The van der Waals surface area contributed by atoms with Gasteiger partial charge in [-0.05, 0) is 65.3 Å². The van der Waals surface area contributed by atoms with E-state index >= 15 is 0 Å². The minimum atomic E-state index is -4.58. The number of hydrogen-bond acceptors (Lipinski definition) is 4. The number of nitrogens with one attached hydrogen (secondary N) is 2. The first-order valence-electron chi connectivity index (χ1n) is 14.7. The second-order valence-corrected chi connectivity index (χ2v) is 12.1. The largest absolute Gasteiger partial charge is 0.406 e. The van der Waals surface area contributed by atoms with Crippen molar-refractivity contribution < 1.29 is 22.8 Å². The summed E-state index contributed by atoms with van der Waals surface area (Å²) in [5.41, 5.74) is 4.48. The minimum Gasteiger partial charge on any atom is -0.343 e. The topological polar surface area (TPSA) is 102 Å². The molecule has 2 aromatic heterocycles. The van der Waals surface area contributed by atoms with Crippen LogP contribution in [0.5, 0.6) is 0 Å². The molecule has 0 aliphatic carbocycles. The molecule has 226 valence electrons. The van der Waals surface area contributed by atoms with E-state index in [2.05, 4.69) is 15.2 Å². The van der Waals surface area contributed by atoms with Crippen molar-refractivity contribution in [1.29, 1.82) is 0 Å². The van der Waals surface area contributed by atoms with Gasteiger partial charge in [0, 0.05) is 42.5 Å². The Labute approximate surface area is 246 Å². The first kappa shape index (κ1) is 28.9. The first-order chi connectivity index (χ1) is 20.5. The summed E-state index contributed by atoms with van der Waals surface area (Å²) in [6.45, 7) is 3.29. The molecule has 2 aliphatic heterocycles. The molecule has 0 radical (unpaired) electrons. The highest BCUT2D eigenvalue weighted by atomic mass is 19.4. The Morgan fingerprint density at radius 3 is 2.58 bits per heavy atom. The van der Waals surface area contributed by atoms with E-state index in [9.17, 15) is 27.6 Å². The van der Waals surface area contributed by atoms with Gasteiger partial charge in [0.25, 0.3) is 5.56 Å². The van der Waals surface area contributed by atoms with Crippen molar-refractivity contribution >= 4 is 33.6 Å². The monoisotopic (exact) mass is 593 g/mol. The highest BCUT2D eigenvalue weighted by molar-refractivity contribution is 5.90.